The van der Waals surface area contributed by atoms with Crippen molar-refractivity contribution >= 4 is 17.3 Å². The van der Waals surface area contributed by atoms with Crippen LogP contribution >= 0.6 is 0 Å². The lowest BCUT2D eigenvalue weighted by molar-refractivity contribution is 0.102. The molecule has 2 aromatic carbocycles. The molecule has 0 aliphatic rings. The van der Waals surface area contributed by atoms with Gasteiger partial charge in [-0.25, -0.2) is 8.78 Å². The first-order chi connectivity index (χ1) is 14.0. The van der Waals surface area contributed by atoms with Crippen molar-refractivity contribution < 1.29 is 23.0 Å². The summed E-state index contributed by atoms with van der Waals surface area (Å²) in [4.78, 5) is 16.3. The molecule has 1 amide bonds. The highest BCUT2D eigenvalue weighted by Gasteiger charge is 2.12. The molecule has 6 nitrogen and oxygen atoms in total. The molecule has 3 aromatic rings. The molecular weight excluding hydrogens is 380 g/mol. The third kappa shape index (κ3) is 4.98. The summed E-state index contributed by atoms with van der Waals surface area (Å²) >= 11 is 0. The van der Waals surface area contributed by atoms with Crippen LogP contribution in [0.1, 0.15) is 16.1 Å². The molecule has 29 heavy (non-hydrogen) atoms. The van der Waals surface area contributed by atoms with Crippen LogP contribution in [0, 0.1) is 11.6 Å². The quantitative estimate of drug-likeness (QED) is 0.622. The average Bonchev–Trinajstić information content (AvgIpc) is 2.74. The van der Waals surface area contributed by atoms with E-state index < -0.39 is 17.5 Å². The molecule has 150 valence electrons. The van der Waals surface area contributed by atoms with Crippen molar-refractivity contribution in [2.75, 3.05) is 24.9 Å². The van der Waals surface area contributed by atoms with Gasteiger partial charge in [0.1, 0.15) is 17.3 Å². The van der Waals surface area contributed by atoms with Crippen molar-refractivity contribution in [2.24, 2.45) is 0 Å². The molecule has 0 fully saturated rings. The number of anilines is 2. The van der Waals surface area contributed by atoms with Gasteiger partial charge in [-0.3, -0.25) is 9.78 Å². The minimum Gasteiger partial charge on any atom is -0.493 e. The lowest BCUT2D eigenvalue weighted by atomic mass is 10.2. The topological polar surface area (TPSA) is 72.5 Å². The average molecular weight is 399 g/mol. The molecule has 2 N–H and O–H groups in total. The molecule has 0 radical (unpaired) electrons. The number of amides is 1. The molecule has 0 aliphatic heterocycles. The molecule has 0 spiro atoms. The van der Waals surface area contributed by atoms with Gasteiger partial charge in [-0.05, 0) is 42.0 Å². The van der Waals surface area contributed by atoms with Gasteiger partial charge in [0.25, 0.3) is 5.91 Å². The van der Waals surface area contributed by atoms with Gasteiger partial charge in [0, 0.05) is 24.5 Å². The summed E-state index contributed by atoms with van der Waals surface area (Å²) in [6, 6.07) is 11.7. The number of rotatable bonds is 7. The summed E-state index contributed by atoms with van der Waals surface area (Å²) in [5, 5.41) is 5.57. The number of hydrogen-bond acceptors (Lipinski definition) is 5. The monoisotopic (exact) mass is 399 g/mol. The number of aromatic nitrogens is 1. The Balaban J connectivity index is 1.68. The second-order valence-corrected chi connectivity index (χ2v) is 6.05. The van der Waals surface area contributed by atoms with Crippen molar-refractivity contribution in [3.05, 3.63) is 77.6 Å². The maximum Gasteiger partial charge on any atom is 0.274 e. The summed E-state index contributed by atoms with van der Waals surface area (Å²) in [6.45, 7) is 0.470. The highest BCUT2D eigenvalue weighted by atomic mass is 19.1. The van der Waals surface area contributed by atoms with E-state index in [1.54, 1.807) is 26.4 Å². The number of methoxy groups -OCH3 is 2. The van der Waals surface area contributed by atoms with Gasteiger partial charge in [0.05, 0.1) is 19.9 Å². The maximum absolute atomic E-state index is 13.7. The zero-order valence-electron chi connectivity index (χ0n) is 15.8. The van der Waals surface area contributed by atoms with Gasteiger partial charge in [-0.1, -0.05) is 6.07 Å². The van der Waals surface area contributed by atoms with Crippen LogP contribution in [0.5, 0.6) is 11.5 Å². The second-order valence-electron chi connectivity index (χ2n) is 6.05. The molecule has 1 aromatic heterocycles. The Hall–Kier alpha value is -3.68. The van der Waals surface area contributed by atoms with Crippen molar-refractivity contribution in [3.8, 4) is 11.5 Å². The zero-order valence-corrected chi connectivity index (χ0v) is 15.8. The molecular formula is C21H19F2N3O3. The number of hydrogen-bond donors (Lipinski definition) is 2. The van der Waals surface area contributed by atoms with Gasteiger partial charge in [-0.15, -0.1) is 0 Å². The van der Waals surface area contributed by atoms with Crippen LogP contribution in [0.15, 0.2) is 54.7 Å². The Morgan fingerprint density at radius 3 is 2.52 bits per heavy atom. The summed E-state index contributed by atoms with van der Waals surface area (Å²) in [6.07, 6.45) is 1.47. The van der Waals surface area contributed by atoms with Crippen molar-refractivity contribution in [1.29, 1.82) is 0 Å². The SMILES string of the molecule is COc1ccc(CNc2ccnc(C(=O)Nc3ccc(F)cc3F)c2)cc1OC. The van der Waals surface area contributed by atoms with Crippen LogP contribution in [-0.2, 0) is 6.54 Å². The van der Waals surface area contributed by atoms with Crippen LogP contribution in [0.25, 0.3) is 0 Å². The highest BCUT2D eigenvalue weighted by molar-refractivity contribution is 6.03. The molecule has 0 saturated carbocycles. The number of nitrogens with one attached hydrogen (secondary N) is 2. The van der Waals surface area contributed by atoms with Crippen LogP contribution in [0.4, 0.5) is 20.2 Å². The van der Waals surface area contributed by atoms with E-state index in [1.165, 1.54) is 12.3 Å². The van der Waals surface area contributed by atoms with E-state index in [4.69, 9.17) is 9.47 Å². The lowest BCUT2D eigenvalue weighted by Gasteiger charge is -2.11. The third-order valence-electron chi connectivity index (χ3n) is 4.12. The summed E-state index contributed by atoms with van der Waals surface area (Å²) in [5.74, 6) is -0.943. The Bertz CT molecular complexity index is 1030. The summed E-state index contributed by atoms with van der Waals surface area (Å²) in [7, 11) is 3.13. The molecule has 0 saturated heterocycles. The first kappa shape index (κ1) is 20.1. The van der Waals surface area contributed by atoms with Crippen molar-refractivity contribution in [2.45, 2.75) is 6.54 Å². The first-order valence-corrected chi connectivity index (χ1v) is 8.67. The highest BCUT2D eigenvalue weighted by Crippen LogP contribution is 2.28. The van der Waals surface area contributed by atoms with Crippen LogP contribution in [-0.4, -0.2) is 25.1 Å². The van der Waals surface area contributed by atoms with Gasteiger partial charge in [-0.2, -0.15) is 0 Å². The molecule has 8 heteroatoms. The molecule has 0 aliphatic carbocycles. The predicted octanol–water partition coefficient (Wildman–Crippen LogP) is 4.24. The van der Waals surface area contributed by atoms with Gasteiger partial charge in [0.15, 0.2) is 11.5 Å². The summed E-state index contributed by atoms with van der Waals surface area (Å²) in [5.41, 5.74) is 1.56. The molecule has 0 bridgehead atoms. The molecule has 1 heterocycles. The van der Waals surface area contributed by atoms with E-state index in [9.17, 15) is 13.6 Å². The predicted molar refractivity (Wildman–Crippen MR) is 105 cm³/mol. The van der Waals surface area contributed by atoms with Gasteiger partial charge >= 0.3 is 0 Å². The number of ether oxygens (including phenoxy) is 2. The third-order valence-corrected chi connectivity index (χ3v) is 4.12. The lowest BCUT2D eigenvalue weighted by Crippen LogP contribution is -2.15. The molecule has 0 unspecified atom stereocenters. The summed E-state index contributed by atoms with van der Waals surface area (Å²) < 4.78 is 37.2. The zero-order chi connectivity index (χ0) is 20.8. The smallest absolute Gasteiger partial charge is 0.274 e. The maximum atomic E-state index is 13.7. The largest absolute Gasteiger partial charge is 0.493 e. The fraction of sp³-hybridized carbons (Fsp3) is 0.143. The van der Waals surface area contributed by atoms with Crippen LogP contribution in [0.2, 0.25) is 0 Å². The number of nitrogens with zero attached hydrogens (tertiary/aromatic N) is 1. The number of carbonyl (C=O) groups excluding carboxylic acids is 1. The fourth-order valence-electron chi connectivity index (χ4n) is 2.64. The van der Waals surface area contributed by atoms with E-state index >= 15 is 0 Å². The van der Waals surface area contributed by atoms with E-state index in [0.717, 1.165) is 17.7 Å². The number of benzene rings is 2. The van der Waals surface area contributed by atoms with Gasteiger partial charge in [0.2, 0.25) is 0 Å². The van der Waals surface area contributed by atoms with E-state index in [1.807, 2.05) is 12.1 Å². The van der Waals surface area contributed by atoms with Crippen LogP contribution < -0.4 is 20.1 Å². The van der Waals surface area contributed by atoms with E-state index in [2.05, 4.69) is 15.6 Å². The van der Waals surface area contributed by atoms with Gasteiger partial charge < -0.3 is 20.1 Å². The molecule has 0 atom stereocenters. The van der Waals surface area contributed by atoms with Crippen molar-refractivity contribution in [3.63, 3.8) is 0 Å². The minimum absolute atomic E-state index is 0.0889. The van der Waals surface area contributed by atoms with E-state index in [-0.39, 0.29) is 11.4 Å². The fourth-order valence-corrected chi connectivity index (χ4v) is 2.64. The normalized spacial score (nSPS) is 10.3. The first-order valence-electron chi connectivity index (χ1n) is 8.67. The Labute approximate surface area is 166 Å². The number of carbonyl (C=O) groups is 1. The molecule has 3 rings (SSSR count). The second kappa shape index (κ2) is 9.01. The number of halogens is 2. The standard InChI is InChI=1S/C21H19F2N3O3/c1-28-19-6-3-13(9-20(19)29-2)12-25-15-7-8-24-18(11-15)21(27)26-17-5-4-14(22)10-16(17)23/h3-11H,12H2,1-2H3,(H,24,25)(H,26,27). The minimum atomic E-state index is -0.860. The van der Waals surface area contributed by atoms with Crippen LogP contribution in [0.3, 0.4) is 0 Å². The Morgan fingerprint density at radius 1 is 1.00 bits per heavy atom. The Kier molecular flexibility index (Phi) is 6.23. The van der Waals surface area contributed by atoms with Crippen molar-refractivity contribution in [1.82, 2.24) is 4.98 Å². The Morgan fingerprint density at radius 2 is 1.79 bits per heavy atom. The number of pyridine rings is 1. The van der Waals surface area contributed by atoms with E-state index in [0.29, 0.717) is 29.8 Å².